The van der Waals surface area contributed by atoms with Crippen molar-refractivity contribution in [1.82, 2.24) is 5.32 Å². The summed E-state index contributed by atoms with van der Waals surface area (Å²) >= 11 is 1.71. The highest BCUT2D eigenvalue weighted by Gasteiger charge is 2.15. The number of hydrogen-bond donors (Lipinski definition) is 2. The predicted octanol–water partition coefficient (Wildman–Crippen LogP) is 2.68. The number of benzene rings is 1. The molecule has 1 aliphatic carbocycles. The maximum absolute atomic E-state index is 9.88. The highest BCUT2D eigenvalue weighted by atomic mass is 32.2. The molecule has 0 aliphatic heterocycles. The van der Waals surface area contributed by atoms with E-state index in [0.29, 0.717) is 19.2 Å². The topological polar surface area (TPSA) is 41.5 Å². The molecular formula is C15H23NO2S. The van der Waals surface area contributed by atoms with Crippen LogP contribution in [0.2, 0.25) is 0 Å². The normalized spacial score (nSPS) is 17.6. The Balaban J connectivity index is 1.65. The lowest BCUT2D eigenvalue weighted by molar-refractivity contribution is 0.104. The third-order valence-electron chi connectivity index (χ3n) is 3.50. The average molecular weight is 281 g/mol. The standard InChI is InChI=1S/C15H23NO2S/c1-19-15-8-6-14(7-9-15)18-11-13(17)10-16-12-4-2-3-5-12/h6-9,12-13,16-17H,2-5,10-11H2,1H3. The fourth-order valence-corrected chi connectivity index (χ4v) is 2.76. The van der Waals surface area contributed by atoms with Crippen LogP contribution in [0.1, 0.15) is 25.7 Å². The largest absolute Gasteiger partial charge is 0.491 e. The van der Waals surface area contributed by atoms with Crippen LogP contribution in [0.5, 0.6) is 5.75 Å². The van der Waals surface area contributed by atoms with Crippen molar-refractivity contribution >= 4 is 11.8 Å². The van der Waals surface area contributed by atoms with Crippen LogP contribution >= 0.6 is 11.8 Å². The molecule has 3 nitrogen and oxygen atoms in total. The molecule has 106 valence electrons. The van der Waals surface area contributed by atoms with Gasteiger partial charge in [-0.1, -0.05) is 12.8 Å². The first kappa shape index (κ1) is 14.7. The minimum Gasteiger partial charge on any atom is -0.491 e. The predicted molar refractivity (Wildman–Crippen MR) is 80.0 cm³/mol. The van der Waals surface area contributed by atoms with Crippen molar-refractivity contribution in [3.05, 3.63) is 24.3 Å². The molecule has 1 saturated carbocycles. The van der Waals surface area contributed by atoms with Gasteiger partial charge in [0.05, 0.1) is 0 Å². The molecule has 1 unspecified atom stereocenters. The zero-order valence-electron chi connectivity index (χ0n) is 11.5. The summed E-state index contributed by atoms with van der Waals surface area (Å²) in [6, 6.07) is 8.55. The van der Waals surface area contributed by atoms with Crippen molar-refractivity contribution in [2.75, 3.05) is 19.4 Å². The van der Waals surface area contributed by atoms with Crippen LogP contribution in [-0.4, -0.2) is 36.7 Å². The first-order valence-corrected chi connectivity index (χ1v) is 8.18. The zero-order chi connectivity index (χ0) is 13.5. The number of aliphatic hydroxyl groups is 1. The maximum Gasteiger partial charge on any atom is 0.119 e. The Bertz CT molecular complexity index is 363. The lowest BCUT2D eigenvalue weighted by atomic mass is 10.2. The number of aliphatic hydroxyl groups excluding tert-OH is 1. The van der Waals surface area contributed by atoms with Crippen molar-refractivity contribution in [2.45, 2.75) is 42.7 Å². The van der Waals surface area contributed by atoms with Crippen molar-refractivity contribution < 1.29 is 9.84 Å². The Morgan fingerprint density at radius 1 is 1.32 bits per heavy atom. The SMILES string of the molecule is CSc1ccc(OCC(O)CNC2CCCC2)cc1. The van der Waals surface area contributed by atoms with E-state index in [-0.39, 0.29) is 0 Å². The summed E-state index contributed by atoms with van der Waals surface area (Å²) in [5, 5.41) is 13.3. The molecule has 0 aromatic heterocycles. The Labute approximate surface area is 119 Å². The van der Waals surface area contributed by atoms with E-state index < -0.39 is 6.10 Å². The molecule has 19 heavy (non-hydrogen) atoms. The summed E-state index contributed by atoms with van der Waals surface area (Å²) in [5.41, 5.74) is 0. The van der Waals surface area contributed by atoms with Crippen LogP contribution in [0.3, 0.4) is 0 Å². The first-order chi connectivity index (χ1) is 9.28. The van der Waals surface area contributed by atoms with E-state index in [1.165, 1.54) is 30.6 Å². The third kappa shape index (κ3) is 5.05. The van der Waals surface area contributed by atoms with Crippen molar-refractivity contribution in [2.24, 2.45) is 0 Å². The summed E-state index contributed by atoms with van der Waals surface area (Å²) < 4.78 is 5.58. The number of ether oxygens (including phenoxy) is 1. The van der Waals surface area contributed by atoms with Crippen LogP contribution < -0.4 is 10.1 Å². The summed E-state index contributed by atoms with van der Waals surface area (Å²) in [4.78, 5) is 1.22. The van der Waals surface area contributed by atoms with Gasteiger partial charge in [-0.15, -0.1) is 11.8 Å². The van der Waals surface area contributed by atoms with Gasteiger partial charge in [0.2, 0.25) is 0 Å². The Kier molecular flexibility index (Phi) is 6.01. The van der Waals surface area contributed by atoms with Crippen LogP contribution in [-0.2, 0) is 0 Å². The van der Waals surface area contributed by atoms with Gasteiger partial charge in [0, 0.05) is 17.5 Å². The highest BCUT2D eigenvalue weighted by Crippen LogP contribution is 2.19. The molecule has 0 saturated heterocycles. The quantitative estimate of drug-likeness (QED) is 0.754. The summed E-state index contributed by atoms with van der Waals surface area (Å²) in [7, 11) is 0. The van der Waals surface area contributed by atoms with Gasteiger partial charge in [-0.2, -0.15) is 0 Å². The number of thioether (sulfide) groups is 1. The van der Waals surface area contributed by atoms with Crippen LogP contribution in [0.15, 0.2) is 29.2 Å². The van der Waals surface area contributed by atoms with E-state index in [9.17, 15) is 5.11 Å². The van der Waals surface area contributed by atoms with E-state index in [0.717, 1.165) is 5.75 Å². The minimum absolute atomic E-state index is 0.346. The van der Waals surface area contributed by atoms with Crippen LogP contribution in [0.4, 0.5) is 0 Å². The second-order valence-corrected chi connectivity index (χ2v) is 5.91. The number of nitrogens with one attached hydrogen (secondary N) is 1. The van der Waals surface area contributed by atoms with Gasteiger partial charge < -0.3 is 15.2 Å². The van der Waals surface area contributed by atoms with Gasteiger partial charge in [-0.25, -0.2) is 0 Å². The zero-order valence-corrected chi connectivity index (χ0v) is 12.3. The second-order valence-electron chi connectivity index (χ2n) is 5.03. The molecule has 4 heteroatoms. The molecule has 0 heterocycles. The molecule has 2 N–H and O–H groups in total. The Morgan fingerprint density at radius 2 is 2.00 bits per heavy atom. The lowest BCUT2D eigenvalue weighted by Crippen LogP contribution is -2.36. The molecule has 1 aromatic rings. The molecule has 1 fully saturated rings. The molecule has 1 atom stereocenters. The molecule has 0 radical (unpaired) electrons. The Morgan fingerprint density at radius 3 is 2.63 bits per heavy atom. The van der Waals surface area contributed by atoms with Crippen LogP contribution in [0.25, 0.3) is 0 Å². The molecule has 1 aromatic carbocycles. The molecule has 0 spiro atoms. The van der Waals surface area contributed by atoms with Gasteiger partial charge in [0.25, 0.3) is 0 Å². The number of hydrogen-bond acceptors (Lipinski definition) is 4. The van der Waals surface area contributed by atoms with E-state index in [1.54, 1.807) is 11.8 Å². The van der Waals surface area contributed by atoms with Crippen molar-refractivity contribution in [3.8, 4) is 5.75 Å². The van der Waals surface area contributed by atoms with Gasteiger partial charge in [-0.3, -0.25) is 0 Å². The van der Waals surface area contributed by atoms with Crippen molar-refractivity contribution in [3.63, 3.8) is 0 Å². The number of rotatable bonds is 7. The fourth-order valence-electron chi connectivity index (χ4n) is 2.36. The monoisotopic (exact) mass is 281 g/mol. The van der Waals surface area contributed by atoms with Gasteiger partial charge in [0.1, 0.15) is 18.5 Å². The molecule has 2 rings (SSSR count). The minimum atomic E-state index is -0.444. The van der Waals surface area contributed by atoms with E-state index in [4.69, 9.17) is 4.74 Å². The summed E-state index contributed by atoms with van der Waals surface area (Å²) in [5.74, 6) is 0.817. The van der Waals surface area contributed by atoms with Gasteiger partial charge >= 0.3 is 0 Å². The molecule has 0 amide bonds. The maximum atomic E-state index is 9.88. The first-order valence-electron chi connectivity index (χ1n) is 6.96. The molecule has 0 bridgehead atoms. The van der Waals surface area contributed by atoms with E-state index >= 15 is 0 Å². The van der Waals surface area contributed by atoms with E-state index in [2.05, 4.69) is 5.32 Å². The lowest BCUT2D eigenvalue weighted by Gasteiger charge is -2.16. The third-order valence-corrected chi connectivity index (χ3v) is 4.24. The highest BCUT2D eigenvalue weighted by molar-refractivity contribution is 7.98. The average Bonchev–Trinajstić information content (AvgIpc) is 2.96. The summed E-state index contributed by atoms with van der Waals surface area (Å²) in [6.45, 7) is 0.964. The van der Waals surface area contributed by atoms with E-state index in [1.807, 2.05) is 30.5 Å². The van der Waals surface area contributed by atoms with Gasteiger partial charge in [0.15, 0.2) is 0 Å². The molecular weight excluding hydrogens is 258 g/mol. The van der Waals surface area contributed by atoms with Crippen molar-refractivity contribution in [1.29, 1.82) is 0 Å². The van der Waals surface area contributed by atoms with Gasteiger partial charge in [-0.05, 0) is 43.4 Å². The second kappa shape index (κ2) is 7.78. The van der Waals surface area contributed by atoms with Crippen LogP contribution in [0, 0.1) is 0 Å². The Hall–Kier alpha value is -0.710. The fraction of sp³-hybridized carbons (Fsp3) is 0.600. The summed E-state index contributed by atoms with van der Waals surface area (Å²) in [6.07, 6.45) is 6.71. The molecule has 1 aliphatic rings. The smallest absolute Gasteiger partial charge is 0.119 e.